The standard InChI is InChI=1S/C19H24N2O3/c1-23-12-13-24-19(22)17(15-20)14-16-6-8-18(9-7-16)21-10-4-2-3-5-11-21/h6-9,14H,2-5,10-13H2,1H3/b17-14+. The summed E-state index contributed by atoms with van der Waals surface area (Å²) in [4.78, 5) is 14.2. The molecule has 0 atom stereocenters. The van der Waals surface area contributed by atoms with Gasteiger partial charge in [-0.2, -0.15) is 5.26 Å². The number of rotatable bonds is 6. The van der Waals surface area contributed by atoms with Gasteiger partial charge in [0.1, 0.15) is 18.2 Å². The molecule has 0 amide bonds. The van der Waals surface area contributed by atoms with Crippen LogP contribution in [0.2, 0.25) is 0 Å². The van der Waals surface area contributed by atoms with Gasteiger partial charge in [-0.05, 0) is 36.6 Å². The predicted molar refractivity (Wildman–Crippen MR) is 93.5 cm³/mol. The molecule has 1 fully saturated rings. The molecule has 0 aromatic heterocycles. The Labute approximate surface area is 143 Å². The van der Waals surface area contributed by atoms with Gasteiger partial charge in [-0.1, -0.05) is 25.0 Å². The number of carbonyl (C=O) groups excluding carboxylic acids is 1. The van der Waals surface area contributed by atoms with Crippen molar-refractivity contribution in [2.45, 2.75) is 25.7 Å². The van der Waals surface area contributed by atoms with Crippen LogP contribution in [0.25, 0.3) is 6.08 Å². The van der Waals surface area contributed by atoms with E-state index < -0.39 is 5.97 Å². The van der Waals surface area contributed by atoms with Gasteiger partial charge in [0.05, 0.1) is 6.61 Å². The first kappa shape index (κ1) is 18.0. The molecule has 0 bridgehead atoms. The summed E-state index contributed by atoms with van der Waals surface area (Å²) in [5.74, 6) is -0.619. The number of ether oxygens (including phenoxy) is 2. The number of hydrogen-bond acceptors (Lipinski definition) is 5. The molecular formula is C19H24N2O3. The quantitative estimate of drug-likeness (QED) is 0.347. The lowest BCUT2D eigenvalue weighted by atomic mass is 10.1. The monoisotopic (exact) mass is 328 g/mol. The van der Waals surface area contributed by atoms with Gasteiger partial charge in [0, 0.05) is 25.9 Å². The van der Waals surface area contributed by atoms with Crippen LogP contribution >= 0.6 is 0 Å². The van der Waals surface area contributed by atoms with Gasteiger partial charge in [-0.15, -0.1) is 0 Å². The summed E-state index contributed by atoms with van der Waals surface area (Å²) in [5, 5.41) is 9.15. The third kappa shape index (κ3) is 5.39. The Morgan fingerprint density at radius 3 is 2.42 bits per heavy atom. The molecule has 1 heterocycles. The number of anilines is 1. The van der Waals surface area contributed by atoms with E-state index in [9.17, 15) is 4.79 Å². The highest BCUT2D eigenvalue weighted by atomic mass is 16.6. The summed E-state index contributed by atoms with van der Waals surface area (Å²) < 4.78 is 9.80. The van der Waals surface area contributed by atoms with Crippen molar-refractivity contribution in [3.05, 3.63) is 35.4 Å². The number of hydrogen-bond donors (Lipinski definition) is 0. The Bertz CT molecular complexity index is 594. The van der Waals surface area contributed by atoms with Crippen LogP contribution in [0.3, 0.4) is 0 Å². The van der Waals surface area contributed by atoms with E-state index in [-0.39, 0.29) is 12.2 Å². The second-order valence-electron chi connectivity index (χ2n) is 5.79. The normalized spacial score (nSPS) is 15.5. The zero-order valence-electron chi connectivity index (χ0n) is 14.2. The van der Waals surface area contributed by atoms with Gasteiger partial charge < -0.3 is 14.4 Å². The largest absolute Gasteiger partial charge is 0.459 e. The molecule has 24 heavy (non-hydrogen) atoms. The molecule has 128 valence electrons. The van der Waals surface area contributed by atoms with Gasteiger partial charge >= 0.3 is 5.97 Å². The molecule has 1 aliphatic rings. The lowest BCUT2D eigenvalue weighted by Crippen LogP contribution is -2.23. The highest BCUT2D eigenvalue weighted by molar-refractivity contribution is 5.97. The van der Waals surface area contributed by atoms with Crippen molar-refractivity contribution in [3.8, 4) is 6.07 Å². The third-order valence-corrected chi connectivity index (χ3v) is 4.04. The highest BCUT2D eigenvalue weighted by Gasteiger charge is 2.12. The number of nitrogens with zero attached hydrogens (tertiary/aromatic N) is 2. The SMILES string of the molecule is COCCOC(=O)/C(C#N)=C/c1ccc(N2CCCCCC2)cc1. The fourth-order valence-electron chi connectivity index (χ4n) is 2.71. The van der Waals surface area contributed by atoms with E-state index in [1.807, 2.05) is 30.3 Å². The minimum Gasteiger partial charge on any atom is -0.459 e. The van der Waals surface area contributed by atoms with E-state index in [1.165, 1.54) is 38.5 Å². The summed E-state index contributed by atoms with van der Waals surface area (Å²) in [6.45, 7) is 2.63. The predicted octanol–water partition coefficient (Wildman–Crippen LogP) is 3.16. The van der Waals surface area contributed by atoms with Gasteiger partial charge in [0.15, 0.2) is 0 Å². The second-order valence-corrected chi connectivity index (χ2v) is 5.79. The first-order valence-corrected chi connectivity index (χ1v) is 8.37. The van der Waals surface area contributed by atoms with Crippen LogP contribution in [0.4, 0.5) is 5.69 Å². The van der Waals surface area contributed by atoms with Crippen molar-refractivity contribution < 1.29 is 14.3 Å². The Morgan fingerprint density at radius 1 is 1.17 bits per heavy atom. The second kappa shape index (κ2) is 9.74. The Kier molecular flexibility index (Phi) is 7.31. The first-order chi connectivity index (χ1) is 11.7. The number of esters is 1. The summed E-state index contributed by atoms with van der Waals surface area (Å²) in [5.41, 5.74) is 2.00. The summed E-state index contributed by atoms with van der Waals surface area (Å²) in [6.07, 6.45) is 6.62. The van der Waals surface area contributed by atoms with E-state index >= 15 is 0 Å². The Balaban J connectivity index is 2.02. The molecule has 1 saturated heterocycles. The molecule has 5 heteroatoms. The highest BCUT2D eigenvalue weighted by Crippen LogP contribution is 2.21. The summed E-state index contributed by atoms with van der Waals surface area (Å²) in [6, 6.07) is 9.85. The number of benzene rings is 1. The topological polar surface area (TPSA) is 62.6 Å². The molecule has 0 spiro atoms. The Morgan fingerprint density at radius 2 is 1.83 bits per heavy atom. The molecule has 0 aliphatic carbocycles. The zero-order chi connectivity index (χ0) is 17.2. The molecule has 0 unspecified atom stereocenters. The van der Waals surface area contributed by atoms with E-state index in [1.54, 1.807) is 6.08 Å². The molecule has 0 radical (unpaired) electrons. The van der Waals surface area contributed by atoms with E-state index in [0.29, 0.717) is 6.61 Å². The van der Waals surface area contributed by atoms with Gasteiger partial charge in [-0.25, -0.2) is 4.79 Å². The van der Waals surface area contributed by atoms with Gasteiger partial charge in [-0.3, -0.25) is 0 Å². The zero-order valence-corrected chi connectivity index (χ0v) is 14.2. The third-order valence-electron chi connectivity index (χ3n) is 4.04. The molecule has 0 saturated carbocycles. The van der Waals surface area contributed by atoms with Crippen LogP contribution in [-0.4, -0.2) is 39.4 Å². The van der Waals surface area contributed by atoms with Crippen LogP contribution in [-0.2, 0) is 14.3 Å². The smallest absolute Gasteiger partial charge is 0.348 e. The van der Waals surface area contributed by atoms with Gasteiger partial charge in [0.2, 0.25) is 0 Å². The van der Waals surface area contributed by atoms with E-state index in [0.717, 1.165) is 18.7 Å². The van der Waals surface area contributed by atoms with Crippen molar-refractivity contribution in [1.29, 1.82) is 5.26 Å². The van der Waals surface area contributed by atoms with Crippen LogP contribution in [0.15, 0.2) is 29.8 Å². The van der Waals surface area contributed by atoms with Crippen molar-refractivity contribution >= 4 is 17.7 Å². The van der Waals surface area contributed by atoms with Crippen molar-refractivity contribution in [3.63, 3.8) is 0 Å². The maximum absolute atomic E-state index is 11.8. The fourth-order valence-corrected chi connectivity index (χ4v) is 2.71. The molecular weight excluding hydrogens is 304 g/mol. The fraction of sp³-hybridized carbons (Fsp3) is 0.474. The number of carbonyl (C=O) groups is 1. The summed E-state index contributed by atoms with van der Waals surface area (Å²) in [7, 11) is 1.53. The van der Waals surface area contributed by atoms with Gasteiger partial charge in [0.25, 0.3) is 0 Å². The molecule has 1 aromatic rings. The molecule has 1 aromatic carbocycles. The van der Waals surface area contributed by atoms with Crippen LogP contribution < -0.4 is 4.90 Å². The van der Waals surface area contributed by atoms with E-state index in [4.69, 9.17) is 14.7 Å². The van der Waals surface area contributed by atoms with Crippen LogP contribution in [0.1, 0.15) is 31.2 Å². The Hall–Kier alpha value is -2.32. The summed E-state index contributed by atoms with van der Waals surface area (Å²) >= 11 is 0. The van der Waals surface area contributed by atoms with Crippen LogP contribution in [0, 0.1) is 11.3 Å². The van der Waals surface area contributed by atoms with Crippen molar-refractivity contribution in [2.75, 3.05) is 38.3 Å². The maximum Gasteiger partial charge on any atom is 0.348 e. The minimum atomic E-state index is -0.619. The van der Waals surface area contributed by atoms with Crippen molar-refractivity contribution in [1.82, 2.24) is 0 Å². The average molecular weight is 328 g/mol. The lowest BCUT2D eigenvalue weighted by molar-refractivity contribution is -0.139. The van der Waals surface area contributed by atoms with Crippen LogP contribution in [0.5, 0.6) is 0 Å². The average Bonchev–Trinajstić information content (AvgIpc) is 2.89. The number of methoxy groups -OCH3 is 1. The van der Waals surface area contributed by atoms with Crippen molar-refractivity contribution in [2.24, 2.45) is 0 Å². The molecule has 1 aliphatic heterocycles. The maximum atomic E-state index is 11.8. The minimum absolute atomic E-state index is 0.00590. The molecule has 0 N–H and O–H groups in total. The molecule has 2 rings (SSSR count). The van der Waals surface area contributed by atoms with E-state index in [2.05, 4.69) is 4.90 Å². The molecule has 5 nitrogen and oxygen atoms in total. The lowest BCUT2D eigenvalue weighted by Gasteiger charge is -2.22. The first-order valence-electron chi connectivity index (χ1n) is 8.37. The number of nitriles is 1.